The SMILES string of the molecule is CN1CCCC1c1nc(N2CCC(COc3cnc(N4C[C@H](NC(=O)OC(C)(C)C)[C@@H](c5cc(F)ccc5F)C4)nc3)CC2)no1. The van der Waals surface area contributed by atoms with Crippen LogP contribution in [0.25, 0.3) is 0 Å². The van der Waals surface area contributed by atoms with Crippen molar-refractivity contribution in [1.82, 2.24) is 30.3 Å². The van der Waals surface area contributed by atoms with Crippen molar-refractivity contribution in [1.29, 1.82) is 0 Å². The highest BCUT2D eigenvalue weighted by Crippen LogP contribution is 2.33. The number of nitrogens with one attached hydrogen (secondary N) is 1. The van der Waals surface area contributed by atoms with Crippen molar-refractivity contribution in [2.24, 2.45) is 5.92 Å². The first kappa shape index (κ1) is 31.9. The fourth-order valence-corrected chi connectivity index (χ4v) is 6.46. The topological polar surface area (TPSA) is 122 Å². The lowest BCUT2D eigenvalue weighted by Crippen LogP contribution is -2.43. The van der Waals surface area contributed by atoms with Crippen molar-refractivity contribution in [2.45, 2.75) is 70.1 Å². The Kier molecular flexibility index (Phi) is 9.25. The van der Waals surface area contributed by atoms with Gasteiger partial charge in [0.2, 0.25) is 11.8 Å². The average Bonchev–Trinajstić information content (AvgIpc) is 3.77. The van der Waals surface area contributed by atoms with Crippen LogP contribution in [-0.2, 0) is 4.74 Å². The second-order valence-electron chi connectivity index (χ2n) is 13.5. The number of ether oxygens (including phenoxy) is 2. The van der Waals surface area contributed by atoms with E-state index in [9.17, 15) is 13.6 Å². The number of carbonyl (C=O) groups is 1. The summed E-state index contributed by atoms with van der Waals surface area (Å²) in [5.74, 6) is 1.03. The molecule has 14 heteroatoms. The predicted octanol–water partition coefficient (Wildman–Crippen LogP) is 4.70. The molecule has 1 aromatic carbocycles. The van der Waals surface area contributed by atoms with Gasteiger partial charge in [-0.25, -0.2) is 23.5 Å². The Bertz CT molecular complexity index is 1490. The Morgan fingerprint density at radius 2 is 1.80 bits per heavy atom. The maximum atomic E-state index is 14.8. The number of hydrogen-bond donors (Lipinski definition) is 1. The first-order valence-corrected chi connectivity index (χ1v) is 16.0. The minimum Gasteiger partial charge on any atom is -0.490 e. The molecule has 12 nitrogen and oxygen atoms in total. The monoisotopic (exact) mass is 640 g/mol. The van der Waals surface area contributed by atoms with Gasteiger partial charge in [-0.2, -0.15) is 4.98 Å². The molecule has 0 saturated carbocycles. The van der Waals surface area contributed by atoms with E-state index in [2.05, 4.69) is 42.3 Å². The van der Waals surface area contributed by atoms with Crippen LogP contribution in [0.3, 0.4) is 0 Å². The molecular formula is C32H42F2N8O4. The Labute approximate surface area is 267 Å². The molecule has 3 atom stereocenters. The first-order valence-electron chi connectivity index (χ1n) is 16.0. The van der Waals surface area contributed by atoms with E-state index in [1.807, 2.05) is 4.90 Å². The fourth-order valence-electron chi connectivity index (χ4n) is 6.46. The van der Waals surface area contributed by atoms with E-state index in [4.69, 9.17) is 14.0 Å². The van der Waals surface area contributed by atoms with Crippen molar-refractivity contribution in [3.8, 4) is 5.75 Å². The van der Waals surface area contributed by atoms with Crippen LogP contribution < -0.4 is 19.9 Å². The molecule has 1 unspecified atom stereocenters. The summed E-state index contributed by atoms with van der Waals surface area (Å²) >= 11 is 0. The number of piperidine rings is 1. The molecule has 2 aromatic heterocycles. The maximum absolute atomic E-state index is 14.8. The lowest BCUT2D eigenvalue weighted by molar-refractivity contribution is 0.0504. The fraction of sp³-hybridized carbons (Fsp3) is 0.594. The van der Waals surface area contributed by atoms with E-state index in [1.165, 1.54) is 6.07 Å². The van der Waals surface area contributed by atoms with Gasteiger partial charge in [-0.1, -0.05) is 0 Å². The lowest BCUT2D eigenvalue weighted by atomic mass is 9.94. The number of benzene rings is 1. The van der Waals surface area contributed by atoms with Gasteiger partial charge in [0.1, 0.15) is 17.2 Å². The summed E-state index contributed by atoms with van der Waals surface area (Å²) in [6, 6.07) is 3.00. The minimum absolute atomic E-state index is 0.177. The van der Waals surface area contributed by atoms with Gasteiger partial charge in [0.05, 0.1) is 31.1 Å². The Hall–Kier alpha value is -4.07. The molecule has 6 rings (SSSR count). The summed E-state index contributed by atoms with van der Waals surface area (Å²) in [6.45, 7) is 9.08. The third-order valence-corrected chi connectivity index (χ3v) is 8.90. The van der Waals surface area contributed by atoms with E-state index in [-0.39, 0.29) is 24.7 Å². The zero-order chi connectivity index (χ0) is 32.4. The molecular weight excluding hydrogens is 598 g/mol. The smallest absolute Gasteiger partial charge is 0.407 e. The zero-order valence-electron chi connectivity index (χ0n) is 26.8. The summed E-state index contributed by atoms with van der Waals surface area (Å²) in [7, 11) is 2.09. The highest BCUT2D eigenvalue weighted by molar-refractivity contribution is 5.68. The third-order valence-electron chi connectivity index (χ3n) is 8.90. The lowest BCUT2D eigenvalue weighted by Gasteiger charge is -2.30. The molecule has 0 radical (unpaired) electrons. The van der Waals surface area contributed by atoms with Crippen LogP contribution in [0.15, 0.2) is 35.1 Å². The molecule has 5 heterocycles. The summed E-state index contributed by atoms with van der Waals surface area (Å²) in [5.41, 5.74) is -0.529. The number of amides is 1. The van der Waals surface area contributed by atoms with Crippen molar-refractivity contribution in [3.05, 3.63) is 53.7 Å². The summed E-state index contributed by atoms with van der Waals surface area (Å²) in [6.07, 6.45) is 6.66. The minimum atomic E-state index is -0.706. The summed E-state index contributed by atoms with van der Waals surface area (Å²) in [4.78, 5) is 32.5. The van der Waals surface area contributed by atoms with Gasteiger partial charge >= 0.3 is 6.09 Å². The predicted molar refractivity (Wildman–Crippen MR) is 166 cm³/mol. The average molecular weight is 641 g/mol. The molecule has 1 amide bonds. The van der Waals surface area contributed by atoms with E-state index in [1.54, 1.807) is 33.2 Å². The number of likely N-dealkylation sites (tertiary alicyclic amines) is 1. The second kappa shape index (κ2) is 13.3. The van der Waals surface area contributed by atoms with E-state index >= 15 is 0 Å². The molecule has 3 saturated heterocycles. The Morgan fingerprint density at radius 1 is 1.04 bits per heavy atom. The molecule has 0 spiro atoms. The van der Waals surface area contributed by atoms with Crippen LogP contribution in [0.5, 0.6) is 5.75 Å². The number of anilines is 2. The highest BCUT2D eigenvalue weighted by Gasteiger charge is 2.38. The number of nitrogens with zero attached hydrogens (tertiary/aromatic N) is 7. The first-order chi connectivity index (χ1) is 22.0. The largest absolute Gasteiger partial charge is 0.490 e. The van der Waals surface area contributed by atoms with Crippen LogP contribution in [0.4, 0.5) is 25.5 Å². The molecule has 0 bridgehead atoms. The van der Waals surface area contributed by atoms with E-state index in [0.717, 1.165) is 57.5 Å². The highest BCUT2D eigenvalue weighted by atomic mass is 19.1. The van der Waals surface area contributed by atoms with Crippen molar-refractivity contribution < 1.29 is 27.6 Å². The molecule has 3 aromatic rings. The van der Waals surface area contributed by atoms with Gasteiger partial charge in [0.15, 0.2) is 5.75 Å². The van der Waals surface area contributed by atoms with Gasteiger partial charge in [-0.15, -0.1) is 0 Å². The maximum Gasteiger partial charge on any atom is 0.407 e. The van der Waals surface area contributed by atoms with Crippen molar-refractivity contribution in [2.75, 3.05) is 56.2 Å². The Balaban J connectivity index is 1.03. The van der Waals surface area contributed by atoms with E-state index < -0.39 is 35.3 Å². The van der Waals surface area contributed by atoms with Crippen LogP contribution in [0.2, 0.25) is 0 Å². The molecule has 46 heavy (non-hydrogen) atoms. The van der Waals surface area contributed by atoms with Crippen molar-refractivity contribution >= 4 is 18.0 Å². The standard InChI is InChI=1S/C32H42F2N8O4/c1-32(2,3)45-31(43)37-26-18-42(17-24(26)23-14-21(33)7-8-25(23)34)29-35-15-22(16-36-29)44-19-20-9-12-41(13-10-20)30-38-28(46-39-30)27-6-5-11-40(27)4/h7-8,14-16,20,24,26-27H,5-6,9-13,17-19H2,1-4H3,(H,37,43)/t24-,26+,27?/m1/s1. The molecule has 1 N–H and O–H groups in total. The number of aromatic nitrogens is 4. The summed E-state index contributed by atoms with van der Waals surface area (Å²) < 4.78 is 46.0. The van der Waals surface area contributed by atoms with Gasteiger partial charge < -0.3 is 29.1 Å². The molecule has 248 valence electrons. The van der Waals surface area contributed by atoms with E-state index in [0.29, 0.717) is 36.1 Å². The number of alkyl carbamates (subject to hydrolysis) is 1. The number of carbonyl (C=O) groups excluding carboxylic acids is 1. The normalized spacial score (nSPS) is 22.8. The second-order valence-corrected chi connectivity index (χ2v) is 13.5. The molecule has 3 fully saturated rings. The molecule has 0 aliphatic carbocycles. The van der Waals surface area contributed by atoms with Crippen molar-refractivity contribution in [3.63, 3.8) is 0 Å². The Morgan fingerprint density at radius 3 is 2.50 bits per heavy atom. The van der Waals surface area contributed by atoms with Gasteiger partial charge in [0.25, 0.3) is 5.95 Å². The summed E-state index contributed by atoms with van der Waals surface area (Å²) in [5, 5.41) is 7.08. The van der Waals surface area contributed by atoms with Gasteiger partial charge in [0, 0.05) is 32.1 Å². The van der Waals surface area contributed by atoms with Crippen LogP contribution in [0.1, 0.15) is 69.9 Å². The number of halogens is 2. The zero-order valence-corrected chi connectivity index (χ0v) is 26.8. The number of rotatable bonds is 8. The quantitative estimate of drug-likeness (QED) is 0.369. The van der Waals surface area contributed by atoms with Crippen LogP contribution >= 0.6 is 0 Å². The van der Waals surface area contributed by atoms with Gasteiger partial charge in [-0.05, 0) is 94.9 Å². The molecule has 3 aliphatic heterocycles. The molecule has 3 aliphatic rings. The third kappa shape index (κ3) is 7.48. The van der Waals surface area contributed by atoms with Gasteiger partial charge in [-0.3, -0.25) is 4.90 Å². The number of hydrogen-bond acceptors (Lipinski definition) is 11. The van der Waals surface area contributed by atoms with Crippen LogP contribution in [0, 0.1) is 17.6 Å². The van der Waals surface area contributed by atoms with Crippen LogP contribution in [-0.4, -0.2) is 89.1 Å².